The van der Waals surface area contributed by atoms with Gasteiger partial charge in [-0.05, 0) is 36.4 Å². The van der Waals surface area contributed by atoms with Gasteiger partial charge in [0.1, 0.15) is 5.75 Å². The fraction of sp³-hybridized carbons (Fsp3) is 0.0667. The largest absolute Gasteiger partial charge is 0.497 e. The number of carbonyl (C=O) groups excluding carboxylic acids is 1. The summed E-state index contributed by atoms with van der Waals surface area (Å²) in [4.78, 5) is 12.2. The van der Waals surface area contributed by atoms with E-state index >= 15 is 0 Å². The quantitative estimate of drug-likeness (QED) is 0.792. The number of rotatable bonds is 3. The van der Waals surface area contributed by atoms with E-state index in [1.165, 1.54) is 0 Å². The minimum absolute atomic E-state index is 0.274. The highest BCUT2D eigenvalue weighted by atomic mass is 16.5. The molecule has 1 N–H and O–H groups in total. The molecule has 0 aliphatic rings. The maximum absolute atomic E-state index is 12.2. The van der Waals surface area contributed by atoms with E-state index in [1.807, 2.05) is 12.1 Å². The molecule has 1 aromatic heterocycles. The number of ether oxygens (including phenoxy) is 1. The molecule has 5 heteroatoms. The fourth-order valence-electron chi connectivity index (χ4n) is 1.91. The van der Waals surface area contributed by atoms with E-state index in [2.05, 4.69) is 10.5 Å². The van der Waals surface area contributed by atoms with Crippen LogP contribution in [0, 0.1) is 0 Å². The average molecular weight is 268 g/mol. The van der Waals surface area contributed by atoms with Gasteiger partial charge in [-0.25, -0.2) is 0 Å². The minimum atomic E-state index is -0.305. The smallest absolute Gasteiger partial charge is 0.278 e. The van der Waals surface area contributed by atoms with Crippen LogP contribution >= 0.6 is 0 Å². The number of aromatic nitrogens is 1. The monoisotopic (exact) mass is 268 g/mol. The van der Waals surface area contributed by atoms with Crippen molar-refractivity contribution in [1.82, 2.24) is 5.16 Å². The summed E-state index contributed by atoms with van der Waals surface area (Å²) in [6, 6.07) is 14.3. The van der Waals surface area contributed by atoms with Crippen LogP contribution in [0.5, 0.6) is 5.75 Å². The Morgan fingerprint density at radius 1 is 1.15 bits per heavy atom. The molecule has 100 valence electrons. The number of benzene rings is 2. The van der Waals surface area contributed by atoms with E-state index in [9.17, 15) is 4.79 Å². The van der Waals surface area contributed by atoms with Crippen LogP contribution in [0.15, 0.2) is 53.1 Å². The van der Waals surface area contributed by atoms with Crippen molar-refractivity contribution in [3.8, 4) is 5.75 Å². The molecule has 1 amide bonds. The van der Waals surface area contributed by atoms with E-state index in [4.69, 9.17) is 9.26 Å². The summed E-state index contributed by atoms with van der Waals surface area (Å²) < 4.78 is 10.2. The van der Waals surface area contributed by atoms with Gasteiger partial charge in [0, 0.05) is 5.69 Å². The SMILES string of the molecule is COc1ccc(NC(=O)c2noc3ccccc23)cc1. The molecule has 20 heavy (non-hydrogen) atoms. The Balaban J connectivity index is 1.85. The number of methoxy groups -OCH3 is 1. The molecule has 2 aromatic carbocycles. The summed E-state index contributed by atoms with van der Waals surface area (Å²) in [7, 11) is 1.59. The molecular formula is C15H12N2O3. The lowest BCUT2D eigenvalue weighted by molar-refractivity contribution is 0.102. The molecule has 3 rings (SSSR count). The second-order valence-electron chi connectivity index (χ2n) is 4.21. The van der Waals surface area contributed by atoms with Gasteiger partial charge in [-0.1, -0.05) is 17.3 Å². The van der Waals surface area contributed by atoms with Crippen LogP contribution in [-0.4, -0.2) is 18.2 Å². The first-order valence-electron chi connectivity index (χ1n) is 6.08. The van der Waals surface area contributed by atoms with Gasteiger partial charge < -0.3 is 14.6 Å². The van der Waals surface area contributed by atoms with Gasteiger partial charge in [-0.2, -0.15) is 0 Å². The molecule has 0 fully saturated rings. The normalized spacial score (nSPS) is 10.4. The third-order valence-electron chi connectivity index (χ3n) is 2.94. The molecule has 0 atom stereocenters. The Kier molecular flexibility index (Phi) is 3.09. The van der Waals surface area contributed by atoms with E-state index in [1.54, 1.807) is 43.5 Å². The molecule has 0 aliphatic heterocycles. The molecule has 0 saturated heterocycles. The molecule has 0 bridgehead atoms. The first-order valence-corrected chi connectivity index (χ1v) is 6.08. The maximum Gasteiger partial charge on any atom is 0.278 e. The number of nitrogens with zero attached hydrogens (tertiary/aromatic N) is 1. The van der Waals surface area contributed by atoms with Crippen molar-refractivity contribution in [3.63, 3.8) is 0 Å². The Morgan fingerprint density at radius 2 is 1.90 bits per heavy atom. The first kappa shape index (κ1) is 12.2. The number of hydrogen-bond acceptors (Lipinski definition) is 4. The van der Waals surface area contributed by atoms with Crippen LogP contribution in [0.2, 0.25) is 0 Å². The minimum Gasteiger partial charge on any atom is -0.497 e. The lowest BCUT2D eigenvalue weighted by Gasteiger charge is -2.04. The topological polar surface area (TPSA) is 64.4 Å². The molecule has 5 nitrogen and oxygen atoms in total. The van der Waals surface area contributed by atoms with E-state index in [0.717, 1.165) is 5.75 Å². The number of para-hydroxylation sites is 1. The molecule has 0 aliphatic carbocycles. The van der Waals surface area contributed by atoms with E-state index in [0.29, 0.717) is 16.7 Å². The van der Waals surface area contributed by atoms with Gasteiger partial charge >= 0.3 is 0 Å². The number of amides is 1. The summed E-state index contributed by atoms with van der Waals surface area (Å²) in [5.41, 5.74) is 1.53. The fourth-order valence-corrected chi connectivity index (χ4v) is 1.91. The van der Waals surface area contributed by atoms with Gasteiger partial charge in [0.15, 0.2) is 11.3 Å². The van der Waals surface area contributed by atoms with Crippen LogP contribution in [0.1, 0.15) is 10.5 Å². The molecule has 3 aromatic rings. The third kappa shape index (κ3) is 2.21. The second-order valence-corrected chi connectivity index (χ2v) is 4.21. The van der Waals surface area contributed by atoms with Crippen LogP contribution in [0.4, 0.5) is 5.69 Å². The zero-order valence-electron chi connectivity index (χ0n) is 10.8. The van der Waals surface area contributed by atoms with Gasteiger partial charge in [0.05, 0.1) is 12.5 Å². The summed E-state index contributed by atoms with van der Waals surface area (Å²) in [5, 5.41) is 7.28. The van der Waals surface area contributed by atoms with Crippen molar-refractivity contribution < 1.29 is 14.1 Å². The van der Waals surface area contributed by atoms with Gasteiger partial charge in [0.2, 0.25) is 0 Å². The Bertz CT molecular complexity index is 747. The molecule has 0 unspecified atom stereocenters. The molecule has 1 heterocycles. The summed E-state index contributed by atoms with van der Waals surface area (Å²) in [5.74, 6) is 0.426. The Morgan fingerprint density at radius 3 is 2.65 bits per heavy atom. The average Bonchev–Trinajstić information content (AvgIpc) is 2.92. The predicted octanol–water partition coefficient (Wildman–Crippen LogP) is 3.09. The lowest BCUT2D eigenvalue weighted by Crippen LogP contribution is -2.12. The molecular weight excluding hydrogens is 256 g/mol. The zero-order valence-corrected chi connectivity index (χ0v) is 10.8. The molecule has 0 spiro atoms. The molecule has 0 saturated carbocycles. The van der Waals surface area contributed by atoms with Crippen molar-refractivity contribution >= 4 is 22.6 Å². The Hall–Kier alpha value is -2.82. The highest BCUT2D eigenvalue weighted by molar-refractivity contribution is 6.10. The third-order valence-corrected chi connectivity index (χ3v) is 2.94. The van der Waals surface area contributed by atoms with Crippen LogP contribution in [0.25, 0.3) is 11.0 Å². The first-order chi connectivity index (χ1) is 9.78. The number of hydrogen-bond donors (Lipinski definition) is 1. The summed E-state index contributed by atoms with van der Waals surface area (Å²) in [6.07, 6.45) is 0. The summed E-state index contributed by atoms with van der Waals surface area (Å²) >= 11 is 0. The number of fused-ring (bicyclic) bond motifs is 1. The van der Waals surface area contributed by atoms with Crippen molar-refractivity contribution in [2.45, 2.75) is 0 Å². The number of anilines is 1. The van der Waals surface area contributed by atoms with Crippen LogP contribution in [-0.2, 0) is 0 Å². The van der Waals surface area contributed by atoms with Crippen molar-refractivity contribution in [2.75, 3.05) is 12.4 Å². The van der Waals surface area contributed by atoms with Gasteiger partial charge in [-0.3, -0.25) is 4.79 Å². The van der Waals surface area contributed by atoms with E-state index < -0.39 is 0 Å². The van der Waals surface area contributed by atoms with Crippen LogP contribution in [0.3, 0.4) is 0 Å². The predicted molar refractivity (Wildman–Crippen MR) is 75.0 cm³/mol. The Labute approximate surface area is 115 Å². The standard InChI is InChI=1S/C15H12N2O3/c1-19-11-8-6-10(7-9-11)16-15(18)14-12-4-2-3-5-13(12)20-17-14/h2-9H,1H3,(H,16,18). The lowest BCUT2D eigenvalue weighted by atomic mass is 10.2. The molecule has 0 radical (unpaired) electrons. The van der Waals surface area contributed by atoms with Crippen molar-refractivity contribution in [3.05, 3.63) is 54.2 Å². The van der Waals surface area contributed by atoms with Crippen LogP contribution < -0.4 is 10.1 Å². The summed E-state index contributed by atoms with van der Waals surface area (Å²) in [6.45, 7) is 0. The van der Waals surface area contributed by atoms with Crippen molar-refractivity contribution in [2.24, 2.45) is 0 Å². The van der Waals surface area contributed by atoms with Crippen molar-refractivity contribution in [1.29, 1.82) is 0 Å². The highest BCUT2D eigenvalue weighted by Gasteiger charge is 2.15. The highest BCUT2D eigenvalue weighted by Crippen LogP contribution is 2.20. The zero-order chi connectivity index (χ0) is 13.9. The maximum atomic E-state index is 12.2. The number of carbonyl (C=O) groups is 1. The second kappa shape index (κ2) is 5.05. The number of nitrogens with one attached hydrogen (secondary N) is 1. The van der Waals surface area contributed by atoms with E-state index in [-0.39, 0.29) is 11.6 Å². The van der Waals surface area contributed by atoms with Gasteiger partial charge in [-0.15, -0.1) is 0 Å². The van der Waals surface area contributed by atoms with Gasteiger partial charge in [0.25, 0.3) is 5.91 Å².